The lowest BCUT2D eigenvalue weighted by Gasteiger charge is -2.18. The Hall–Kier alpha value is -2.24. The van der Waals surface area contributed by atoms with E-state index in [4.69, 9.17) is 4.74 Å². The van der Waals surface area contributed by atoms with Gasteiger partial charge in [-0.2, -0.15) is 0 Å². The molecular weight excluding hydrogens is 286 g/mol. The van der Waals surface area contributed by atoms with Crippen molar-refractivity contribution in [2.45, 2.75) is 39.2 Å². The second-order valence-corrected chi connectivity index (χ2v) is 5.60. The van der Waals surface area contributed by atoms with E-state index in [1.165, 1.54) is 19.2 Å². The highest BCUT2D eigenvalue weighted by Gasteiger charge is 2.22. The number of phenols is 2. The van der Waals surface area contributed by atoms with Crippen molar-refractivity contribution in [3.05, 3.63) is 23.8 Å². The van der Waals surface area contributed by atoms with E-state index < -0.39 is 12.0 Å². The number of esters is 1. The SMILES string of the molecule is COC(=O)C(CC(C)C)NC(=O)CCc1ccc(O)c(O)c1. The number of benzene rings is 1. The van der Waals surface area contributed by atoms with Crippen LogP contribution in [0.5, 0.6) is 11.5 Å². The van der Waals surface area contributed by atoms with Gasteiger partial charge in [-0.25, -0.2) is 4.79 Å². The van der Waals surface area contributed by atoms with Crippen LogP contribution in [-0.2, 0) is 20.7 Å². The number of hydrogen-bond donors (Lipinski definition) is 3. The molecule has 0 aromatic heterocycles. The van der Waals surface area contributed by atoms with Crippen LogP contribution in [-0.4, -0.2) is 35.2 Å². The zero-order chi connectivity index (χ0) is 16.7. The first-order chi connectivity index (χ1) is 10.3. The Morgan fingerprint density at radius 1 is 1.23 bits per heavy atom. The first-order valence-electron chi connectivity index (χ1n) is 7.21. The van der Waals surface area contributed by atoms with Gasteiger partial charge in [-0.3, -0.25) is 4.79 Å². The summed E-state index contributed by atoms with van der Waals surface area (Å²) in [7, 11) is 1.29. The summed E-state index contributed by atoms with van der Waals surface area (Å²) in [6.45, 7) is 3.92. The molecular formula is C16H23NO5. The number of methoxy groups -OCH3 is 1. The Morgan fingerprint density at radius 2 is 1.91 bits per heavy atom. The Kier molecular flexibility index (Phi) is 6.69. The number of aromatic hydroxyl groups is 2. The van der Waals surface area contributed by atoms with Gasteiger partial charge in [0.25, 0.3) is 0 Å². The Morgan fingerprint density at radius 3 is 2.45 bits per heavy atom. The summed E-state index contributed by atoms with van der Waals surface area (Å²) in [5, 5.41) is 21.3. The lowest BCUT2D eigenvalue weighted by Crippen LogP contribution is -2.42. The minimum atomic E-state index is -0.647. The quantitative estimate of drug-likeness (QED) is 0.526. The number of rotatable bonds is 7. The van der Waals surface area contributed by atoms with E-state index in [1.54, 1.807) is 6.07 Å². The standard InChI is InChI=1S/C16H23NO5/c1-10(2)8-12(16(21)22-3)17-15(20)7-5-11-4-6-13(18)14(19)9-11/h4,6,9-10,12,18-19H,5,7-8H2,1-3H3,(H,17,20). The van der Waals surface area contributed by atoms with Crippen molar-refractivity contribution in [3.63, 3.8) is 0 Å². The molecule has 0 radical (unpaired) electrons. The highest BCUT2D eigenvalue weighted by molar-refractivity contribution is 5.84. The van der Waals surface area contributed by atoms with E-state index in [0.29, 0.717) is 12.8 Å². The van der Waals surface area contributed by atoms with Crippen molar-refractivity contribution < 1.29 is 24.5 Å². The number of amides is 1. The number of phenolic OH excluding ortho intramolecular Hbond substituents is 2. The molecule has 22 heavy (non-hydrogen) atoms. The van der Waals surface area contributed by atoms with Crippen molar-refractivity contribution in [2.75, 3.05) is 7.11 Å². The average molecular weight is 309 g/mol. The molecule has 0 heterocycles. The highest BCUT2D eigenvalue weighted by Crippen LogP contribution is 2.25. The third kappa shape index (κ3) is 5.63. The van der Waals surface area contributed by atoms with E-state index in [9.17, 15) is 19.8 Å². The van der Waals surface area contributed by atoms with Crippen LogP contribution in [0.4, 0.5) is 0 Å². The fourth-order valence-corrected chi connectivity index (χ4v) is 2.08. The first-order valence-corrected chi connectivity index (χ1v) is 7.21. The molecule has 6 nitrogen and oxygen atoms in total. The van der Waals surface area contributed by atoms with Crippen LogP contribution < -0.4 is 5.32 Å². The fraction of sp³-hybridized carbons (Fsp3) is 0.500. The summed E-state index contributed by atoms with van der Waals surface area (Å²) >= 11 is 0. The molecule has 0 aliphatic rings. The van der Waals surface area contributed by atoms with E-state index in [0.717, 1.165) is 5.56 Å². The molecule has 0 saturated carbocycles. The Balaban J connectivity index is 2.56. The Bertz CT molecular complexity index is 527. The second-order valence-electron chi connectivity index (χ2n) is 5.60. The summed E-state index contributed by atoms with van der Waals surface area (Å²) in [5.74, 6) is -0.882. The summed E-state index contributed by atoms with van der Waals surface area (Å²) in [6.07, 6.45) is 1.09. The molecule has 1 atom stereocenters. The first kappa shape index (κ1) is 17.8. The van der Waals surface area contributed by atoms with Crippen molar-refractivity contribution in [3.8, 4) is 11.5 Å². The molecule has 0 spiro atoms. The molecule has 6 heteroatoms. The predicted molar refractivity (Wildman–Crippen MR) is 81.5 cm³/mol. The van der Waals surface area contributed by atoms with Gasteiger partial charge in [0.05, 0.1) is 7.11 Å². The van der Waals surface area contributed by atoms with Crippen LogP contribution in [0.3, 0.4) is 0 Å². The molecule has 0 saturated heterocycles. The summed E-state index contributed by atoms with van der Waals surface area (Å²) < 4.78 is 4.69. The molecule has 0 fully saturated rings. The molecule has 1 amide bonds. The maximum Gasteiger partial charge on any atom is 0.328 e. The van der Waals surface area contributed by atoms with Crippen LogP contribution in [0.2, 0.25) is 0 Å². The third-order valence-electron chi connectivity index (χ3n) is 3.21. The summed E-state index contributed by atoms with van der Waals surface area (Å²) in [4.78, 5) is 23.6. The number of hydrogen-bond acceptors (Lipinski definition) is 5. The van der Waals surface area contributed by atoms with Crippen molar-refractivity contribution >= 4 is 11.9 Å². The van der Waals surface area contributed by atoms with E-state index in [1.807, 2.05) is 13.8 Å². The lowest BCUT2D eigenvalue weighted by atomic mass is 10.0. The number of carbonyl (C=O) groups is 2. The van der Waals surface area contributed by atoms with Crippen LogP contribution in [0, 0.1) is 5.92 Å². The molecule has 1 unspecified atom stereocenters. The van der Waals surface area contributed by atoms with Gasteiger partial charge >= 0.3 is 5.97 Å². The molecule has 1 rings (SSSR count). The molecule has 1 aromatic rings. The summed E-state index contributed by atoms with van der Waals surface area (Å²) in [6, 6.07) is 3.77. The van der Waals surface area contributed by atoms with Gasteiger partial charge in [-0.05, 0) is 36.5 Å². The summed E-state index contributed by atoms with van der Waals surface area (Å²) in [5.41, 5.74) is 0.726. The zero-order valence-corrected chi connectivity index (χ0v) is 13.1. The molecule has 1 aromatic carbocycles. The van der Waals surface area contributed by atoms with E-state index in [2.05, 4.69) is 5.32 Å². The normalized spacial score (nSPS) is 12.0. The van der Waals surface area contributed by atoms with Crippen LogP contribution in [0.25, 0.3) is 0 Å². The van der Waals surface area contributed by atoms with Gasteiger partial charge in [0.2, 0.25) is 5.91 Å². The van der Waals surface area contributed by atoms with Gasteiger partial charge in [0.15, 0.2) is 11.5 Å². The highest BCUT2D eigenvalue weighted by atomic mass is 16.5. The number of carbonyl (C=O) groups excluding carboxylic acids is 2. The maximum absolute atomic E-state index is 11.9. The maximum atomic E-state index is 11.9. The number of ether oxygens (including phenoxy) is 1. The van der Waals surface area contributed by atoms with Gasteiger partial charge in [0, 0.05) is 6.42 Å². The third-order valence-corrected chi connectivity index (χ3v) is 3.21. The van der Waals surface area contributed by atoms with Crippen molar-refractivity contribution in [1.29, 1.82) is 0 Å². The van der Waals surface area contributed by atoms with Gasteiger partial charge in [0.1, 0.15) is 6.04 Å². The van der Waals surface area contributed by atoms with Crippen LogP contribution in [0.1, 0.15) is 32.3 Å². The molecule has 122 valence electrons. The molecule has 0 aliphatic carbocycles. The monoisotopic (exact) mass is 309 g/mol. The van der Waals surface area contributed by atoms with Crippen molar-refractivity contribution in [2.24, 2.45) is 5.92 Å². The second kappa shape index (κ2) is 8.26. The Labute approximate surface area is 130 Å². The van der Waals surface area contributed by atoms with E-state index >= 15 is 0 Å². The van der Waals surface area contributed by atoms with Crippen LogP contribution >= 0.6 is 0 Å². The molecule has 0 bridgehead atoms. The topological polar surface area (TPSA) is 95.9 Å². The molecule has 0 aliphatic heterocycles. The van der Waals surface area contributed by atoms with Gasteiger partial charge in [-0.1, -0.05) is 19.9 Å². The smallest absolute Gasteiger partial charge is 0.328 e. The lowest BCUT2D eigenvalue weighted by molar-refractivity contribution is -0.145. The minimum absolute atomic E-state index is 0.176. The molecule has 3 N–H and O–H groups in total. The number of aryl methyl sites for hydroxylation is 1. The number of nitrogens with one attached hydrogen (secondary N) is 1. The zero-order valence-electron chi connectivity index (χ0n) is 13.1. The largest absolute Gasteiger partial charge is 0.504 e. The average Bonchev–Trinajstić information content (AvgIpc) is 2.46. The van der Waals surface area contributed by atoms with Gasteiger partial charge in [-0.15, -0.1) is 0 Å². The van der Waals surface area contributed by atoms with E-state index in [-0.39, 0.29) is 29.7 Å². The van der Waals surface area contributed by atoms with Gasteiger partial charge < -0.3 is 20.3 Å². The predicted octanol–water partition coefficient (Wildman–Crippen LogP) is 1.73. The minimum Gasteiger partial charge on any atom is -0.504 e. The fourth-order valence-electron chi connectivity index (χ4n) is 2.08. The van der Waals surface area contributed by atoms with Crippen molar-refractivity contribution in [1.82, 2.24) is 5.32 Å². The van der Waals surface area contributed by atoms with Crippen LogP contribution in [0.15, 0.2) is 18.2 Å².